The zero-order valence-electron chi connectivity index (χ0n) is 10.6. The zero-order valence-corrected chi connectivity index (χ0v) is 9.62. The predicted octanol–water partition coefficient (Wildman–Crippen LogP) is -2.90. The van der Waals surface area contributed by atoms with E-state index in [9.17, 15) is 15.0 Å². The maximum absolute atomic E-state index is 11.6. The molecular formula is C10H12N4O5. The number of fused-ring (bicyclic) bond motifs is 1. The molecule has 3 heterocycles. The summed E-state index contributed by atoms with van der Waals surface area (Å²) >= 11 is 0. The lowest BCUT2D eigenvalue weighted by atomic mass is 10.1. The quantitative estimate of drug-likeness (QED) is 0.493. The molecule has 3 aliphatic rings. The maximum atomic E-state index is 11.6. The highest BCUT2D eigenvalue weighted by atomic mass is 16.6. The van der Waals surface area contributed by atoms with E-state index in [4.69, 9.17) is 11.2 Å². The molecule has 1 unspecified atom stereocenters. The van der Waals surface area contributed by atoms with Crippen molar-refractivity contribution >= 4 is 24.4 Å². The molecule has 1 fully saturated rings. The van der Waals surface area contributed by atoms with Crippen LogP contribution in [0, 0.1) is 0 Å². The van der Waals surface area contributed by atoms with Gasteiger partial charge in [-0.2, -0.15) is 4.99 Å². The molecule has 9 heteroatoms. The van der Waals surface area contributed by atoms with E-state index in [0.29, 0.717) is 0 Å². The summed E-state index contributed by atoms with van der Waals surface area (Å²) in [6.45, 7) is -0.474. The van der Waals surface area contributed by atoms with E-state index in [1.54, 1.807) is 0 Å². The van der Waals surface area contributed by atoms with Crippen LogP contribution in [-0.4, -0.2) is 81.8 Å². The van der Waals surface area contributed by atoms with Gasteiger partial charge in [0.05, 0.1) is 14.3 Å². The largest absolute Gasteiger partial charge is 0.394 e. The molecule has 3 aliphatic heterocycles. The first-order chi connectivity index (χ1) is 9.49. The van der Waals surface area contributed by atoms with Gasteiger partial charge in [0, 0.05) is 0 Å². The van der Waals surface area contributed by atoms with Crippen LogP contribution in [0.5, 0.6) is 0 Å². The number of ether oxygens (including phenoxy) is 1. The summed E-state index contributed by atoms with van der Waals surface area (Å²) in [5.41, 5.74) is 0. The third kappa shape index (κ3) is 1.78. The highest BCUT2D eigenvalue weighted by Crippen LogP contribution is 2.26. The molecular weight excluding hydrogens is 256 g/mol. The van der Waals surface area contributed by atoms with E-state index in [1.165, 1.54) is 4.90 Å². The Bertz CT molecular complexity index is 538. The highest BCUT2D eigenvalue weighted by Gasteiger charge is 2.48. The highest BCUT2D eigenvalue weighted by molar-refractivity contribution is 6.19. The van der Waals surface area contributed by atoms with E-state index in [2.05, 4.69) is 15.0 Å². The Morgan fingerprint density at radius 2 is 2.26 bits per heavy atom. The summed E-state index contributed by atoms with van der Waals surface area (Å²) in [7, 11) is 0. The normalized spacial score (nSPS) is 45.4. The number of amides is 1. The number of aliphatic imine (C=N–C) groups is 3. The van der Waals surface area contributed by atoms with Gasteiger partial charge >= 0.3 is 0 Å². The van der Waals surface area contributed by atoms with Crippen LogP contribution in [0.4, 0.5) is 0 Å². The third-order valence-corrected chi connectivity index (χ3v) is 3.12. The Morgan fingerprint density at radius 1 is 1.47 bits per heavy atom. The van der Waals surface area contributed by atoms with Gasteiger partial charge in [-0.1, -0.05) is 0 Å². The number of aliphatic hydroxyl groups excluding tert-OH is 3. The monoisotopic (exact) mass is 269 g/mol. The molecule has 0 aromatic rings. The standard InChI is InChI=1S/C10H12N4O5/c15-1-4-6(16)7(17)10(19-4)14-3-13-5-8(14)11-2-12-9(5)18/h2-7,10,15-17H,1H2/t4-,5?,6-,7-,10-/m1/s1/i5D. The lowest BCUT2D eigenvalue weighted by molar-refractivity contribution is -0.117. The molecule has 19 heavy (non-hydrogen) atoms. The number of rotatable bonds is 2. The van der Waals surface area contributed by atoms with Crippen molar-refractivity contribution in [1.29, 1.82) is 0 Å². The molecule has 0 aromatic heterocycles. The zero-order chi connectivity index (χ0) is 14.5. The van der Waals surface area contributed by atoms with Gasteiger partial charge in [-0.25, -0.2) is 4.99 Å². The van der Waals surface area contributed by atoms with E-state index >= 15 is 0 Å². The Balaban J connectivity index is 1.90. The molecule has 3 N–H and O–H groups in total. The van der Waals surface area contributed by atoms with Crippen LogP contribution in [0.15, 0.2) is 15.0 Å². The molecule has 0 aliphatic carbocycles. The lowest BCUT2D eigenvalue weighted by Gasteiger charge is -2.26. The third-order valence-electron chi connectivity index (χ3n) is 3.12. The van der Waals surface area contributed by atoms with Gasteiger partial charge in [-0.15, -0.1) is 0 Å². The van der Waals surface area contributed by atoms with Crippen LogP contribution in [0.1, 0.15) is 1.37 Å². The molecule has 1 amide bonds. The number of hydrogen-bond acceptors (Lipinski definition) is 8. The lowest BCUT2D eigenvalue weighted by Crippen LogP contribution is -2.48. The molecule has 9 nitrogen and oxygen atoms in total. The fourth-order valence-corrected chi connectivity index (χ4v) is 2.13. The minimum Gasteiger partial charge on any atom is -0.394 e. The van der Waals surface area contributed by atoms with E-state index < -0.39 is 43.1 Å². The summed E-state index contributed by atoms with van der Waals surface area (Å²) in [6.07, 6.45) is -2.54. The Kier molecular flexibility index (Phi) is 2.62. The average Bonchev–Trinajstić information content (AvgIpc) is 2.91. The van der Waals surface area contributed by atoms with Crippen LogP contribution >= 0.6 is 0 Å². The number of hydrogen-bond donors (Lipinski definition) is 3. The molecule has 0 spiro atoms. The van der Waals surface area contributed by atoms with Crippen molar-refractivity contribution in [3.63, 3.8) is 0 Å². The number of carbonyl (C=O) groups is 1. The van der Waals surface area contributed by atoms with Crippen LogP contribution in [0.25, 0.3) is 0 Å². The molecule has 3 rings (SSSR count). The van der Waals surface area contributed by atoms with E-state index in [1.807, 2.05) is 0 Å². The topological polar surface area (TPSA) is 127 Å². The number of carbonyl (C=O) groups excluding carboxylic acids is 1. The summed E-state index contributed by atoms with van der Waals surface area (Å²) in [4.78, 5) is 23.8. The maximum Gasteiger partial charge on any atom is 0.279 e. The van der Waals surface area contributed by atoms with Crippen LogP contribution in [0.3, 0.4) is 0 Å². The molecule has 0 aromatic carbocycles. The van der Waals surface area contributed by atoms with Crippen molar-refractivity contribution < 1.29 is 26.2 Å². The van der Waals surface area contributed by atoms with Gasteiger partial charge in [0.2, 0.25) is 0 Å². The van der Waals surface area contributed by atoms with Crippen LogP contribution in [-0.2, 0) is 9.53 Å². The molecule has 0 bridgehead atoms. The van der Waals surface area contributed by atoms with Crippen LogP contribution < -0.4 is 0 Å². The average molecular weight is 269 g/mol. The first kappa shape index (κ1) is 11.2. The van der Waals surface area contributed by atoms with Crippen molar-refractivity contribution in [2.75, 3.05) is 6.61 Å². The fourth-order valence-electron chi connectivity index (χ4n) is 2.13. The number of amidine groups is 1. The first-order valence-electron chi connectivity index (χ1n) is 6.10. The SMILES string of the molecule is [2H]C12N=CN([C@@H]3O[C@H](CO)[C@@H](O)[C@H]3O)C1=NC=NC2=O. The van der Waals surface area contributed by atoms with Crippen molar-refractivity contribution in [2.24, 2.45) is 15.0 Å². The van der Waals surface area contributed by atoms with Gasteiger partial charge in [-0.05, 0) is 0 Å². The predicted molar refractivity (Wildman–Crippen MR) is 62.8 cm³/mol. The summed E-state index contributed by atoms with van der Waals surface area (Å²) in [5.74, 6) is -0.861. The molecule has 0 saturated carbocycles. The number of nitrogens with zero attached hydrogens (tertiary/aromatic N) is 4. The fraction of sp³-hybridized carbons (Fsp3) is 0.600. The first-order valence-corrected chi connectivity index (χ1v) is 5.60. The van der Waals surface area contributed by atoms with E-state index in [-0.39, 0.29) is 5.84 Å². The molecule has 0 radical (unpaired) electrons. The van der Waals surface area contributed by atoms with Gasteiger partial charge < -0.3 is 20.1 Å². The van der Waals surface area contributed by atoms with Crippen molar-refractivity contribution in [3.05, 3.63) is 0 Å². The van der Waals surface area contributed by atoms with Gasteiger partial charge in [0.25, 0.3) is 5.91 Å². The van der Waals surface area contributed by atoms with E-state index in [0.717, 1.165) is 12.7 Å². The van der Waals surface area contributed by atoms with Gasteiger partial charge in [0.1, 0.15) is 30.5 Å². The molecule has 5 atom stereocenters. The Labute approximate surface area is 109 Å². The minimum absolute atomic E-state index is 0.0626. The smallest absolute Gasteiger partial charge is 0.279 e. The summed E-state index contributed by atoms with van der Waals surface area (Å²) < 4.78 is 13.3. The Hall–Kier alpha value is -1.68. The van der Waals surface area contributed by atoms with Crippen LogP contribution in [0.2, 0.25) is 0 Å². The second-order valence-corrected chi connectivity index (χ2v) is 4.23. The second-order valence-electron chi connectivity index (χ2n) is 4.23. The van der Waals surface area contributed by atoms with Crippen molar-refractivity contribution in [3.8, 4) is 0 Å². The van der Waals surface area contributed by atoms with Gasteiger partial charge in [-0.3, -0.25) is 14.7 Å². The second kappa shape index (κ2) is 4.46. The molecule has 102 valence electrons. The van der Waals surface area contributed by atoms with Gasteiger partial charge in [0.15, 0.2) is 12.2 Å². The Morgan fingerprint density at radius 3 is 2.95 bits per heavy atom. The minimum atomic E-state index is -1.99. The summed E-state index contributed by atoms with van der Waals surface area (Å²) in [5, 5.41) is 28.7. The number of aliphatic hydroxyl groups is 3. The van der Waals surface area contributed by atoms with Crippen molar-refractivity contribution in [1.82, 2.24) is 4.90 Å². The summed E-state index contributed by atoms with van der Waals surface area (Å²) in [6, 6.07) is -1.99. The molecule has 1 saturated heterocycles. The van der Waals surface area contributed by atoms with Crippen molar-refractivity contribution in [2.45, 2.75) is 30.6 Å².